The van der Waals surface area contributed by atoms with Crippen molar-refractivity contribution in [1.82, 2.24) is 0 Å². The van der Waals surface area contributed by atoms with Crippen molar-refractivity contribution in [2.75, 3.05) is 19.5 Å². The zero-order chi connectivity index (χ0) is 14.3. The SMILES string of the molecule is CCCCC(CC)Nc1cc(Cl)c(OC)cc1OC. The van der Waals surface area contributed by atoms with Gasteiger partial charge in [0.1, 0.15) is 11.5 Å². The standard InChI is InChI=1S/C15H24ClNO2/c1-5-7-8-11(6-2)17-13-9-12(16)14(18-3)10-15(13)19-4/h9-11,17H,5-8H2,1-4H3. The van der Waals surface area contributed by atoms with E-state index in [9.17, 15) is 0 Å². The summed E-state index contributed by atoms with van der Waals surface area (Å²) in [5.41, 5.74) is 0.927. The third-order valence-corrected chi connectivity index (χ3v) is 3.53. The van der Waals surface area contributed by atoms with Gasteiger partial charge in [0.15, 0.2) is 0 Å². The molecule has 4 heteroatoms. The summed E-state index contributed by atoms with van der Waals surface area (Å²) in [6.45, 7) is 4.39. The third kappa shape index (κ3) is 4.50. The molecule has 1 N–H and O–H groups in total. The van der Waals surface area contributed by atoms with E-state index in [-0.39, 0.29) is 0 Å². The molecule has 108 valence electrons. The van der Waals surface area contributed by atoms with Crippen LogP contribution in [-0.4, -0.2) is 20.3 Å². The Bertz CT molecular complexity index is 396. The summed E-state index contributed by atoms with van der Waals surface area (Å²) in [6, 6.07) is 4.13. The highest BCUT2D eigenvalue weighted by molar-refractivity contribution is 6.32. The predicted molar refractivity (Wildman–Crippen MR) is 81.8 cm³/mol. The van der Waals surface area contributed by atoms with Gasteiger partial charge in [0.05, 0.1) is 24.9 Å². The average Bonchev–Trinajstić information content (AvgIpc) is 2.43. The normalized spacial score (nSPS) is 12.1. The highest BCUT2D eigenvalue weighted by atomic mass is 35.5. The fraction of sp³-hybridized carbons (Fsp3) is 0.600. The van der Waals surface area contributed by atoms with Gasteiger partial charge in [-0.3, -0.25) is 0 Å². The molecule has 1 atom stereocenters. The number of hydrogen-bond acceptors (Lipinski definition) is 3. The van der Waals surface area contributed by atoms with Gasteiger partial charge in [0.2, 0.25) is 0 Å². The number of anilines is 1. The first-order valence-electron chi connectivity index (χ1n) is 6.84. The molecule has 0 spiro atoms. The monoisotopic (exact) mass is 285 g/mol. The van der Waals surface area contributed by atoms with Crippen molar-refractivity contribution in [2.45, 2.75) is 45.6 Å². The Balaban J connectivity index is 2.89. The molecule has 0 aliphatic carbocycles. The Morgan fingerprint density at radius 3 is 2.37 bits per heavy atom. The summed E-state index contributed by atoms with van der Waals surface area (Å²) in [7, 11) is 3.25. The molecule has 1 aromatic carbocycles. The molecule has 3 nitrogen and oxygen atoms in total. The molecular weight excluding hydrogens is 262 g/mol. The number of methoxy groups -OCH3 is 2. The molecule has 1 rings (SSSR count). The van der Waals surface area contributed by atoms with Crippen LogP contribution < -0.4 is 14.8 Å². The lowest BCUT2D eigenvalue weighted by Gasteiger charge is -2.20. The summed E-state index contributed by atoms with van der Waals surface area (Å²) in [4.78, 5) is 0. The van der Waals surface area contributed by atoms with E-state index in [0.717, 1.165) is 24.3 Å². The zero-order valence-electron chi connectivity index (χ0n) is 12.3. The summed E-state index contributed by atoms with van der Waals surface area (Å²) < 4.78 is 10.6. The van der Waals surface area contributed by atoms with Crippen LogP contribution in [0.2, 0.25) is 5.02 Å². The lowest BCUT2D eigenvalue weighted by molar-refractivity contribution is 0.395. The van der Waals surface area contributed by atoms with Crippen LogP contribution in [0.25, 0.3) is 0 Å². The molecular formula is C15H24ClNO2. The summed E-state index contributed by atoms with van der Waals surface area (Å²) in [6.07, 6.45) is 4.66. The van der Waals surface area contributed by atoms with Gasteiger partial charge in [-0.2, -0.15) is 0 Å². The molecule has 0 radical (unpaired) electrons. The molecule has 0 amide bonds. The van der Waals surface area contributed by atoms with E-state index in [1.807, 2.05) is 12.1 Å². The van der Waals surface area contributed by atoms with Gasteiger partial charge in [-0.25, -0.2) is 0 Å². The van der Waals surface area contributed by atoms with E-state index in [0.29, 0.717) is 16.8 Å². The minimum atomic E-state index is 0.443. The minimum Gasteiger partial charge on any atom is -0.495 e. The van der Waals surface area contributed by atoms with Crippen LogP contribution in [0.4, 0.5) is 5.69 Å². The number of halogens is 1. The van der Waals surface area contributed by atoms with Gasteiger partial charge in [-0.15, -0.1) is 0 Å². The first-order chi connectivity index (χ1) is 9.15. The van der Waals surface area contributed by atoms with Gasteiger partial charge >= 0.3 is 0 Å². The highest BCUT2D eigenvalue weighted by Gasteiger charge is 2.13. The Morgan fingerprint density at radius 2 is 1.84 bits per heavy atom. The largest absolute Gasteiger partial charge is 0.495 e. The summed E-state index contributed by atoms with van der Waals surface area (Å²) in [5.74, 6) is 1.39. The maximum Gasteiger partial charge on any atom is 0.145 e. The second kappa shape index (κ2) is 8.16. The van der Waals surface area contributed by atoms with Gasteiger partial charge in [-0.1, -0.05) is 38.3 Å². The van der Waals surface area contributed by atoms with Crippen LogP contribution in [0.5, 0.6) is 11.5 Å². The van der Waals surface area contributed by atoms with Gasteiger partial charge in [0.25, 0.3) is 0 Å². The van der Waals surface area contributed by atoms with Gasteiger partial charge in [-0.05, 0) is 18.9 Å². The Hall–Kier alpha value is -1.09. The first kappa shape index (κ1) is 16.0. The fourth-order valence-electron chi connectivity index (χ4n) is 2.02. The van der Waals surface area contributed by atoms with Crippen molar-refractivity contribution in [1.29, 1.82) is 0 Å². The smallest absolute Gasteiger partial charge is 0.145 e. The quantitative estimate of drug-likeness (QED) is 0.748. The third-order valence-electron chi connectivity index (χ3n) is 3.23. The first-order valence-corrected chi connectivity index (χ1v) is 7.22. The molecule has 0 bridgehead atoms. The Kier molecular flexibility index (Phi) is 6.85. The van der Waals surface area contributed by atoms with Crippen molar-refractivity contribution in [2.24, 2.45) is 0 Å². The molecule has 0 heterocycles. The van der Waals surface area contributed by atoms with E-state index in [1.54, 1.807) is 14.2 Å². The van der Waals surface area contributed by atoms with Crippen molar-refractivity contribution in [3.8, 4) is 11.5 Å². The number of unbranched alkanes of at least 4 members (excludes halogenated alkanes) is 1. The number of rotatable bonds is 8. The molecule has 1 unspecified atom stereocenters. The van der Waals surface area contributed by atoms with Crippen LogP contribution in [0.15, 0.2) is 12.1 Å². The number of hydrogen-bond donors (Lipinski definition) is 1. The second-order valence-corrected chi connectivity index (χ2v) is 4.99. The maximum absolute atomic E-state index is 6.17. The lowest BCUT2D eigenvalue weighted by atomic mass is 10.1. The highest BCUT2D eigenvalue weighted by Crippen LogP contribution is 2.36. The molecule has 19 heavy (non-hydrogen) atoms. The average molecular weight is 286 g/mol. The van der Waals surface area contributed by atoms with Crippen molar-refractivity contribution in [3.05, 3.63) is 17.2 Å². The number of ether oxygens (including phenoxy) is 2. The molecule has 0 aliphatic heterocycles. The lowest BCUT2D eigenvalue weighted by Crippen LogP contribution is -2.18. The van der Waals surface area contributed by atoms with Crippen LogP contribution in [0.1, 0.15) is 39.5 Å². The van der Waals surface area contributed by atoms with Crippen molar-refractivity contribution >= 4 is 17.3 Å². The van der Waals surface area contributed by atoms with Crippen LogP contribution in [0, 0.1) is 0 Å². The minimum absolute atomic E-state index is 0.443. The van der Waals surface area contributed by atoms with Gasteiger partial charge < -0.3 is 14.8 Å². The number of nitrogens with one attached hydrogen (secondary N) is 1. The van der Waals surface area contributed by atoms with E-state index in [1.165, 1.54) is 12.8 Å². The molecule has 0 aromatic heterocycles. The van der Waals surface area contributed by atoms with Crippen molar-refractivity contribution < 1.29 is 9.47 Å². The van der Waals surface area contributed by atoms with E-state index in [2.05, 4.69) is 19.2 Å². The maximum atomic E-state index is 6.17. The van der Waals surface area contributed by atoms with Crippen molar-refractivity contribution in [3.63, 3.8) is 0 Å². The van der Waals surface area contributed by atoms with Crippen LogP contribution >= 0.6 is 11.6 Å². The molecule has 1 aromatic rings. The van der Waals surface area contributed by atoms with Crippen LogP contribution in [-0.2, 0) is 0 Å². The topological polar surface area (TPSA) is 30.5 Å². The molecule has 0 saturated heterocycles. The summed E-state index contributed by atoms with van der Waals surface area (Å²) in [5, 5.41) is 4.10. The number of benzene rings is 1. The zero-order valence-corrected chi connectivity index (χ0v) is 13.0. The van der Waals surface area contributed by atoms with E-state index >= 15 is 0 Å². The van der Waals surface area contributed by atoms with E-state index < -0.39 is 0 Å². The second-order valence-electron chi connectivity index (χ2n) is 4.58. The molecule has 0 aliphatic rings. The Morgan fingerprint density at radius 1 is 1.16 bits per heavy atom. The van der Waals surface area contributed by atoms with E-state index in [4.69, 9.17) is 21.1 Å². The van der Waals surface area contributed by atoms with Gasteiger partial charge in [0, 0.05) is 12.1 Å². The molecule has 0 fully saturated rings. The summed E-state index contributed by atoms with van der Waals surface area (Å²) >= 11 is 6.17. The predicted octanol–water partition coefficient (Wildman–Crippen LogP) is 4.74. The fourth-order valence-corrected chi connectivity index (χ4v) is 2.26. The Labute approximate surface area is 121 Å². The van der Waals surface area contributed by atoms with Crippen LogP contribution in [0.3, 0.4) is 0 Å². The molecule has 0 saturated carbocycles.